The van der Waals surface area contributed by atoms with Crippen molar-refractivity contribution in [1.29, 1.82) is 0 Å². The zero-order valence-electron chi connectivity index (χ0n) is 10.2. The quantitative estimate of drug-likeness (QED) is 0.859. The summed E-state index contributed by atoms with van der Waals surface area (Å²) >= 11 is 9.70. The van der Waals surface area contributed by atoms with Crippen molar-refractivity contribution < 1.29 is 0 Å². The van der Waals surface area contributed by atoms with Crippen molar-refractivity contribution >= 4 is 27.5 Å². The molecule has 0 atom stereocenters. The number of aryl methyl sites for hydroxylation is 1. The molecule has 0 aliphatic heterocycles. The van der Waals surface area contributed by atoms with E-state index in [2.05, 4.69) is 51.6 Å². The summed E-state index contributed by atoms with van der Waals surface area (Å²) < 4.78 is 1.10. The molecule has 0 unspecified atom stereocenters. The topological polar surface area (TPSA) is 12.0 Å². The molecule has 0 amide bonds. The molecule has 0 spiro atoms. The molecule has 0 fully saturated rings. The van der Waals surface area contributed by atoms with E-state index < -0.39 is 0 Å². The average molecular weight is 325 g/mol. The van der Waals surface area contributed by atoms with Gasteiger partial charge in [-0.25, -0.2) is 0 Å². The van der Waals surface area contributed by atoms with Gasteiger partial charge in [0.1, 0.15) is 0 Å². The lowest BCUT2D eigenvalue weighted by Gasteiger charge is -2.09. The zero-order valence-corrected chi connectivity index (χ0v) is 12.6. The van der Waals surface area contributed by atoms with Gasteiger partial charge in [0.2, 0.25) is 0 Å². The minimum absolute atomic E-state index is 0.801. The Bertz CT molecular complexity index is 526. The molecule has 0 saturated heterocycles. The third-order valence-electron chi connectivity index (χ3n) is 2.82. The van der Waals surface area contributed by atoms with Gasteiger partial charge >= 0.3 is 0 Å². The average Bonchev–Trinajstić information content (AvgIpc) is 2.37. The second-order valence-electron chi connectivity index (χ2n) is 4.28. The molecule has 0 aliphatic carbocycles. The molecule has 94 valence electrons. The number of rotatable bonds is 4. The molecular weight excluding hydrogens is 310 g/mol. The molecule has 1 N–H and O–H groups in total. The highest BCUT2D eigenvalue weighted by Crippen LogP contribution is 2.25. The van der Waals surface area contributed by atoms with Crippen LogP contribution in [-0.4, -0.2) is 0 Å². The first-order valence-corrected chi connectivity index (χ1v) is 7.03. The van der Waals surface area contributed by atoms with Gasteiger partial charge in [0, 0.05) is 22.6 Å². The van der Waals surface area contributed by atoms with Gasteiger partial charge in [-0.2, -0.15) is 0 Å². The minimum Gasteiger partial charge on any atom is -0.309 e. The predicted octanol–water partition coefficient (Wildman–Crippen LogP) is 4.70. The van der Waals surface area contributed by atoms with Crippen LogP contribution in [-0.2, 0) is 13.1 Å². The second kappa shape index (κ2) is 6.37. The van der Waals surface area contributed by atoms with E-state index in [0.717, 1.165) is 28.1 Å². The Morgan fingerprint density at radius 2 is 1.83 bits per heavy atom. The van der Waals surface area contributed by atoms with E-state index in [0.29, 0.717) is 0 Å². The number of benzene rings is 2. The van der Waals surface area contributed by atoms with Crippen LogP contribution in [0.2, 0.25) is 5.02 Å². The maximum absolute atomic E-state index is 6.13. The first-order chi connectivity index (χ1) is 8.66. The number of hydrogen-bond acceptors (Lipinski definition) is 1. The van der Waals surface area contributed by atoms with E-state index in [-0.39, 0.29) is 0 Å². The Morgan fingerprint density at radius 3 is 2.56 bits per heavy atom. The van der Waals surface area contributed by atoms with Crippen molar-refractivity contribution in [3.05, 3.63) is 68.7 Å². The summed E-state index contributed by atoms with van der Waals surface area (Å²) in [5.74, 6) is 0. The molecule has 0 aliphatic rings. The molecule has 18 heavy (non-hydrogen) atoms. The fourth-order valence-electron chi connectivity index (χ4n) is 1.76. The summed E-state index contributed by atoms with van der Waals surface area (Å²) in [4.78, 5) is 0. The molecule has 2 aromatic carbocycles. The molecular formula is C15H15BrClN. The molecule has 1 nitrogen and oxygen atoms in total. The highest BCUT2D eigenvalue weighted by atomic mass is 79.9. The monoisotopic (exact) mass is 323 g/mol. The normalized spacial score (nSPS) is 10.6. The van der Waals surface area contributed by atoms with Crippen LogP contribution in [0.3, 0.4) is 0 Å². The Hall–Kier alpha value is -0.830. The van der Waals surface area contributed by atoms with Gasteiger partial charge in [-0.1, -0.05) is 57.9 Å². The Kier molecular flexibility index (Phi) is 4.81. The van der Waals surface area contributed by atoms with Gasteiger partial charge in [-0.05, 0) is 35.7 Å². The standard InChI is InChI=1S/C15H15BrClN/c1-11-7-14(16)13(8-15(11)17)10-18-9-12-5-3-2-4-6-12/h2-8,18H,9-10H2,1H3. The lowest BCUT2D eigenvalue weighted by atomic mass is 10.1. The highest BCUT2D eigenvalue weighted by Gasteiger charge is 2.04. The summed E-state index contributed by atoms with van der Waals surface area (Å²) in [6.45, 7) is 3.67. The van der Waals surface area contributed by atoms with Crippen LogP contribution in [0.15, 0.2) is 46.9 Å². The van der Waals surface area contributed by atoms with Gasteiger partial charge in [0.05, 0.1) is 0 Å². The third-order valence-corrected chi connectivity index (χ3v) is 3.96. The van der Waals surface area contributed by atoms with Crippen LogP contribution in [0.1, 0.15) is 16.7 Å². The summed E-state index contributed by atoms with van der Waals surface area (Å²) in [5, 5.41) is 4.23. The van der Waals surface area contributed by atoms with E-state index in [1.54, 1.807) is 0 Å². The molecule has 2 aromatic rings. The Balaban J connectivity index is 1.97. The van der Waals surface area contributed by atoms with Crippen molar-refractivity contribution in [2.45, 2.75) is 20.0 Å². The smallest absolute Gasteiger partial charge is 0.0439 e. The van der Waals surface area contributed by atoms with Crippen LogP contribution in [0.25, 0.3) is 0 Å². The molecule has 0 bridgehead atoms. The molecule has 0 radical (unpaired) electrons. The van der Waals surface area contributed by atoms with Gasteiger partial charge in [-0.15, -0.1) is 0 Å². The van der Waals surface area contributed by atoms with Crippen molar-refractivity contribution in [2.75, 3.05) is 0 Å². The van der Waals surface area contributed by atoms with Crippen LogP contribution < -0.4 is 5.32 Å². The first kappa shape index (κ1) is 13.6. The van der Waals surface area contributed by atoms with Gasteiger partial charge in [0.25, 0.3) is 0 Å². The van der Waals surface area contributed by atoms with Crippen LogP contribution in [0, 0.1) is 6.92 Å². The summed E-state index contributed by atoms with van der Waals surface area (Å²) in [5.41, 5.74) is 3.56. The maximum atomic E-state index is 6.13. The molecule has 2 rings (SSSR count). The molecule has 0 aromatic heterocycles. The first-order valence-electron chi connectivity index (χ1n) is 5.86. The van der Waals surface area contributed by atoms with Crippen LogP contribution in [0.4, 0.5) is 0 Å². The Labute approximate surface area is 121 Å². The maximum Gasteiger partial charge on any atom is 0.0439 e. The molecule has 0 saturated carbocycles. The van der Waals surface area contributed by atoms with E-state index in [4.69, 9.17) is 11.6 Å². The number of nitrogens with one attached hydrogen (secondary N) is 1. The molecule has 3 heteroatoms. The number of halogens is 2. The van der Waals surface area contributed by atoms with Crippen LogP contribution >= 0.6 is 27.5 Å². The summed E-state index contributed by atoms with van der Waals surface area (Å²) in [7, 11) is 0. The number of hydrogen-bond donors (Lipinski definition) is 1. The summed E-state index contributed by atoms with van der Waals surface area (Å²) in [6.07, 6.45) is 0. The van der Waals surface area contributed by atoms with E-state index in [9.17, 15) is 0 Å². The van der Waals surface area contributed by atoms with Gasteiger partial charge in [-0.3, -0.25) is 0 Å². The lowest BCUT2D eigenvalue weighted by molar-refractivity contribution is 0.691. The Morgan fingerprint density at radius 1 is 1.11 bits per heavy atom. The van der Waals surface area contributed by atoms with E-state index in [1.807, 2.05) is 19.1 Å². The minimum atomic E-state index is 0.801. The fourth-order valence-corrected chi connectivity index (χ4v) is 2.54. The molecule has 0 heterocycles. The predicted molar refractivity (Wildman–Crippen MR) is 80.9 cm³/mol. The van der Waals surface area contributed by atoms with Crippen molar-refractivity contribution in [2.24, 2.45) is 0 Å². The van der Waals surface area contributed by atoms with Gasteiger partial charge in [0.15, 0.2) is 0 Å². The van der Waals surface area contributed by atoms with Crippen molar-refractivity contribution in [3.63, 3.8) is 0 Å². The fraction of sp³-hybridized carbons (Fsp3) is 0.200. The largest absolute Gasteiger partial charge is 0.309 e. The highest BCUT2D eigenvalue weighted by molar-refractivity contribution is 9.10. The zero-order chi connectivity index (χ0) is 13.0. The second-order valence-corrected chi connectivity index (χ2v) is 5.54. The van der Waals surface area contributed by atoms with Crippen molar-refractivity contribution in [3.8, 4) is 0 Å². The van der Waals surface area contributed by atoms with E-state index >= 15 is 0 Å². The summed E-state index contributed by atoms with van der Waals surface area (Å²) in [6, 6.07) is 14.4. The lowest BCUT2D eigenvalue weighted by Crippen LogP contribution is -2.13. The van der Waals surface area contributed by atoms with Crippen molar-refractivity contribution in [1.82, 2.24) is 5.32 Å². The van der Waals surface area contributed by atoms with E-state index in [1.165, 1.54) is 11.1 Å². The van der Waals surface area contributed by atoms with Gasteiger partial charge < -0.3 is 5.32 Å². The SMILES string of the molecule is Cc1cc(Br)c(CNCc2ccccc2)cc1Cl. The van der Waals surface area contributed by atoms with Crippen LogP contribution in [0.5, 0.6) is 0 Å². The third kappa shape index (κ3) is 3.58.